The molecule has 0 spiro atoms. The molecule has 1 aromatic rings. The molecule has 1 rings (SSSR count). The number of nitrogens with zero attached hydrogens (tertiary/aromatic N) is 1. The zero-order valence-corrected chi connectivity index (χ0v) is 9.15. The van der Waals surface area contributed by atoms with Crippen molar-refractivity contribution in [2.75, 3.05) is 0 Å². The molecule has 3 heteroatoms. The Morgan fingerprint density at radius 3 is 2.31 bits per heavy atom. The predicted molar refractivity (Wildman–Crippen MR) is 54.7 cm³/mol. The van der Waals surface area contributed by atoms with E-state index in [0.29, 0.717) is 0 Å². The predicted octanol–water partition coefficient (Wildman–Crippen LogP) is 1.91. The van der Waals surface area contributed by atoms with Crippen LogP contribution in [0, 0.1) is 13.8 Å². The molecular weight excluding hydrogens is 162 g/mol. The van der Waals surface area contributed by atoms with E-state index in [1.165, 1.54) is 0 Å². The molecule has 3 nitrogen and oxygen atoms in total. The number of aryl methyl sites for hydroxylation is 2. The first-order chi connectivity index (χ1) is 5.88. The van der Waals surface area contributed by atoms with Crippen LogP contribution >= 0.6 is 0 Å². The van der Waals surface area contributed by atoms with Crippen LogP contribution in [0.3, 0.4) is 0 Å². The van der Waals surface area contributed by atoms with Gasteiger partial charge in [-0.2, -0.15) is 0 Å². The van der Waals surface area contributed by atoms with Crippen LogP contribution in [0.2, 0.25) is 0 Å². The van der Waals surface area contributed by atoms with Crippen LogP contribution in [0.4, 0.5) is 0 Å². The van der Waals surface area contributed by atoms with Crippen LogP contribution in [0.25, 0.3) is 0 Å². The first-order valence-electron chi connectivity index (χ1n) is 4.65. The first kappa shape index (κ1) is 10.3. The van der Waals surface area contributed by atoms with Crippen LogP contribution in [0.5, 0.6) is 0 Å². The molecule has 2 N–H and O–H groups in total. The Hall–Kier alpha value is -0.830. The van der Waals surface area contributed by atoms with Gasteiger partial charge in [-0.25, -0.2) is 4.98 Å². The molecule has 0 unspecified atom stereocenters. The topological polar surface area (TPSA) is 40.7 Å². The number of rotatable bonds is 2. The van der Waals surface area contributed by atoms with Crippen molar-refractivity contribution in [3.63, 3.8) is 0 Å². The van der Waals surface area contributed by atoms with E-state index in [4.69, 9.17) is 0 Å². The third kappa shape index (κ3) is 3.19. The standard InChI is InChI=1S/C10H19N3/c1-7-8(2)13-9(12-7)6-11-10(3,4)5/h11H,6H2,1-5H3,(H,12,13). The van der Waals surface area contributed by atoms with Gasteiger partial charge in [0.25, 0.3) is 0 Å². The van der Waals surface area contributed by atoms with Gasteiger partial charge in [0.2, 0.25) is 0 Å². The highest BCUT2D eigenvalue weighted by atomic mass is 15.0. The van der Waals surface area contributed by atoms with Crippen molar-refractivity contribution in [2.45, 2.75) is 46.7 Å². The van der Waals surface area contributed by atoms with Crippen molar-refractivity contribution in [1.82, 2.24) is 15.3 Å². The quantitative estimate of drug-likeness (QED) is 0.731. The molecule has 0 fully saturated rings. The lowest BCUT2D eigenvalue weighted by molar-refractivity contribution is 0.418. The lowest BCUT2D eigenvalue weighted by Gasteiger charge is -2.19. The molecule has 0 amide bonds. The van der Waals surface area contributed by atoms with E-state index in [-0.39, 0.29) is 5.54 Å². The number of hydrogen-bond donors (Lipinski definition) is 2. The highest BCUT2D eigenvalue weighted by Gasteiger charge is 2.10. The van der Waals surface area contributed by atoms with E-state index in [9.17, 15) is 0 Å². The summed E-state index contributed by atoms with van der Waals surface area (Å²) in [6.07, 6.45) is 0. The fourth-order valence-corrected chi connectivity index (χ4v) is 1.05. The summed E-state index contributed by atoms with van der Waals surface area (Å²) in [5, 5.41) is 3.38. The maximum atomic E-state index is 4.40. The monoisotopic (exact) mass is 181 g/mol. The third-order valence-electron chi connectivity index (χ3n) is 1.96. The third-order valence-corrected chi connectivity index (χ3v) is 1.96. The van der Waals surface area contributed by atoms with Gasteiger partial charge in [-0.05, 0) is 34.6 Å². The zero-order valence-electron chi connectivity index (χ0n) is 9.15. The van der Waals surface area contributed by atoms with Crippen molar-refractivity contribution in [2.24, 2.45) is 0 Å². The van der Waals surface area contributed by atoms with E-state index in [1.807, 2.05) is 13.8 Å². The number of nitrogens with one attached hydrogen (secondary N) is 2. The average Bonchev–Trinajstić information content (AvgIpc) is 2.27. The Kier molecular flexibility index (Phi) is 2.76. The molecule has 0 bridgehead atoms. The number of aromatic amines is 1. The first-order valence-corrected chi connectivity index (χ1v) is 4.65. The molecule has 0 aliphatic heterocycles. The second kappa shape index (κ2) is 3.50. The van der Waals surface area contributed by atoms with Crippen molar-refractivity contribution in [1.29, 1.82) is 0 Å². The summed E-state index contributed by atoms with van der Waals surface area (Å²) in [5.74, 6) is 1.02. The van der Waals surface area contributed by atoms with Gasteiger partial charge in [0.1, 0.15) is 5.82 Å². The Labute approximate surface area is 80.0 Å². The van der Waals surface area contributed by atoms with Gasteiger partial charge in [0.05, 0.1) is 12.2 Å². The lowest BCUT2D eigenvalue weighted by Crippen LogP contribution is -2.35. The number of aromatic nitrogens is 2. The van der Waals surface area contributed by atoms with Gasteiger partial charge in [-0.15, -0.1) is 0 Å². The molecule has 13 heavy (non-hydrogen) atoms. The normalized spacial score (nSPS) is 12.1. The fraction of sp³-hybridized carbons (Fsp3) is 0.700. The second-order valence-electron chi connectivity index (χ2n) is 4.50. The highest BCUT2D eigenvalue weighted by molar-refractivity contribution is 5.10. The van der Waals surface area contributed by atoms with Crippen LogP contribution in [0.1, 0.15) is 38.0 Å². The molecule has 0 saturated heterocycles. The summed E-state index contributed by atoms with van der Waals surface area (Å²) in [4.78, 5) is 7.64. The van der Waals surface area contributed by atoms with Crippen LogP contribution in [-0.2, 0) is 6.54 Å². The average molecular weight is 181 g/mol. The van der Waals surface area contributed by atoms with Crippen molar-refractivity contribution < 1.29 is 0 Å². The second-order valence-corrected chi connectivity index (χ2v) is 4.50. The molecule has 1 aromatic heterocycles. The zero-order chi connectivity index (χ0) is 10.1. The molecule has 0 atom stereocenters. The number of hydrogen-bond acceptors (Lipinski definition) is 2. The fourth-order valence-electron chi connectivity index (χ4n) is 1.05. The highest BCUT2D eigenvalue weighted by Crippen LogP contribution is 2.05. The minimum atomic E-state index is 0.147. The Bertz CT molecular complexity index is 261. The van der Waals surface area contributed by atoms with Gasteiger partial charge in [0, 0.05) is 11.2 Å². The minimum absolute atomic E-state index is 0.147. The summed E-state index contributed by atoms with van der Waals surface area (Å²) in [5.41, 5.74) is 2.39. The van der Waals surface area contributed by atoms with E-state index in [1.54, 1.807) is 0 Å². The summed E-state index contributed by atoms with van der Waals surface area (Å²) in [7, 11) is 0. The Morgan fingerprint density at radius 1 is 1.31 bits per heavy atom. The van der Waals surface area contributed by atoms with Gasteiger partial charge >= 0.3 is 0 Å². The van der Waals surface area contributed by atoms with E-state index < -0.39 is 0 Å². The van der Waals surface area contributed by atoms with Crippen LogP contribution in [-0.4, -0.2) is 15.5 Å². The Morgan fingerprint density at radius 2 is 1.92 bits per heavy atom. The van der Waals surface area contributed by atoms with Gasteiger partial charge in [-0.1, -0.05) is 0 Å². The number of H-pyrrole nitrogens is 1. The molecular formula is C10H19N3. The molecule has 74 valence electrons. The Balaban J connectivity index is 2.56. The van der Waals surface area contributed by atoms with Crippen molar-refractivity contribution >= 4 is 0 Å². The van der Waals surface area contributed by atoms with Gasteiger partial charge in [0.15, 0.2) is 0 Å². The summed E-state index contributed by atoms with van der Waals surface area (Å²) < 4.78 is 0. The van der Waals surface area contributed by atoms with E-state index in [2.05, 4.69) is 36.1 Å². The van der Waals surface area contributed by atoms with Crippen LogP contribution in [0.15, 0.2) is 0 Å². The summed E-state index contributed by atoms with van der Waals surface area (Å²) >= 11 is 0. The van der Waals surface area contributed by atoms with Crippen molar-refractivity contribution in [3.05, 3.63) is 17.2 Å². The molecule has 0 aromatic carbocycles. The van der Waals surface area contributed by atoms with Gasteiger partial charge < -0.3 is 10.3 Å². The van der Waals surface area contributed by atoms with E-state index >= 15 is 0 Å². The minimum Gasteiger partial charge on any atom is -0.345 e. The van der Waals surface area contributed by atoms with Crippen molar-refractivity contribution in [3.8, 4) is 0 Å². The maximum Gasteiger partial charge on any atom is 0.120 e. The molecule has 1 heterocycles. The van der Waals surface area contributed by atoms with Gasteiger partial charge in [-0.3, -0.25) is 0 Å². The largest absolute Gasteiger partial charge is 0.345 e. The summed E-state index contributed by atoms with van der Waals surface area (Å²) in [6, 6.07) is 0. The smallest absolute Gasteiger partial charge is 0.120 e. The lowest BCUT2D eigenvalue weighted by atomic mass is 10.1. The maximum absolute atomic E-state index is 4.40. The molecule has 0 aliphatic carbocycles. The molecule has 0 aliphatic rings. The summed E-state index contributed by atoms with van der Waals surface area (Å²) in [6.45, 7) is 11.3. The molecule has 0 saturated carbocycles. The number of imidazole rings is 1. The molecule has 0 radical (unpaired) electrons. The van der Waals surface area contributed by atoms with Crippen LogP contribution < -0.4 is 5.32 Å². The van der Waals surface area contributed by atoms with E-state index in [0.717, 1.165) is 23.8 Å². The SMILES string of the molecule is Cc1nc(CNC(C)(C)C)[nH]c1C.